The van der Waals surface area contributed by atoms with Gasteiger partial charge in [-0.15, -0.1) is 0 Å². The molecule has 2 aromatic heterocycles. The number of carbonyl (C=O) groups is 1. The molecule has 176 valence electrons. The maximum absolute atomic E-state index is 12.3. The molecule has 5 rings (SSSR count). The smallest absolute Gasteiger partial charge is 0.412 e. The van der Waals surface area contributed by atoms with Gasteiger partial charge in [-0.25, -0.2) is 18.2 Å². The van der Waals surface area contributed by atoms with Gasteiger partial charge in [0, 0.05) is 23.7 Å². The lowest BCUT2D eigenvalue weighted by Gasteiger charge is -2.33. The van der Waals surface area contributed by atoms with Crippen LogP contribution < -0.4 is 4.90 Å². The highest BCUT2D eigenvalue weighted by atomic mass is 32.2. The Morgan fingerprint density at radius 2 is 2.09 bits per heavy atom. The number of anilines is 1. The van der Waals surface area contributed by atoms with Crippen molar-refractivity contribution in [3.8, 4) is 0 Å². The number of sulfone groups is 1. The van der Waals surface area contributed by atoms with E-state index in [-0.39, 0.29) is 29.5 Å². The Balaban J connectivity index is 1.66. The largest absolute Gasteiger partial charge is 0.465 e. The molecule has 0 spiro atoms. The van der Waals surface area contributed by atoms with Gasteiger partial charge in [0.1, 0.15) is 5.82 Å². The van der Waals surface area contributed by atoms with Crippen molar-refractivity contribution in [1.82, 2.24) is 19.3 Å². The van der Waals surface area contributed by atoms with E-state index in [1.165, 1.54) is 4.90 Å². The molecule has 1 amide bonds. The van der Waals surface area contributed by atoms with Crippen LogP contribution in [0.3, 0.4) is 0 Å². The van der Waals surface area contributed by atoms with Gasteiger partial charge in [0.15, 0.2) is 9.84 Å². The van der Waals surface area contributed by atoms with Crippen molar-refractivity contribution in [3.63, 3.8) is 0 Å². The molecule has 3 atom stereocenters. The lowest BCUT2D eigenvalue weighted by atomic mass is 9.95. The number of fused-ring (bicyclic) bond motifs is 3. The zero-order valence-electron chi connectivity index (χ0n) is 19.1. The highest BCUT2D eigenvalue weighted by Crippen LogP contribution is 2.39. The first-order valence-electron chi connectivity index (χ1n) is 11.4. The molecule has 9 nitrogen and oxygen atoms in total. The molecule has 4 heterocycles. The highest BCUT2D eigenvalue weighted by molar-refractivity contribution is 7.91. The first kappa shape index (κ1) is 21.9. The van der Waals surface area contributed by atoms with Crippen molar-refractivity contribution in [2.24, 2.45) is 0 Å². The highest BCUT2D eigenvalue weighted by Gasteiger charge is 2.35. The molecule has 33 heavy (non-hydrogen) atoms. The van der Waals surface area contributed by atoms with Gasteiger partial charge in [0.05, 0.1) is 47.0 Å². The number of carboxylic acid groups (broad SMARTS) is 1. The predicted molar refractivity (Wildman–Crippen MR) is 126 cm³/mol. The monoisotopic (exact) mass is 471 g/mol. The molecule has 0 radical (unpaired) electrons. The average Bonchev–Trinajstić information content (AvgIpc) is 3.43. The second-order valence-electron chi connectivity index (χ2n) is 9.51. The van der Waals surface area contributed by atoms with E-state index in [1.54, 1.807) is 0 Å². The molecule has 1 saturated heterocycles. The predicted octanol–water partition coefficient (Wildman–Crippen LogP) is 3.52. The number of hydrogen-bond donors (Lipinski definition) is 1. The lowest BCUT2D eigenvalue weighted by Crippen LogP contribution is -2.41. The fourth-order valence-electron chi connectivity index (χ4n) is 5.35. The van der Waals surface area contributed by atoms with E-state index in [0.717, 1.165) is 40.8 Å². The Morgan fingerprint density at radius 1 is 1.30 bits per heavy atom. The maximum Gasteiger partial charge on any atom is 0.412 e. The summed E-state index contributed by atoms with van der Waals surface area (Å²) >= 11 is 0. The van der Waals surface area contributed by atoms with E-state index >= 15 is 0 Å². The summed E-state index contributed by atoms with van der Waals surface area (Å²) in [7, 11) is -3.08. The van der Waals surface area contributed by atoms with E-state index < -0.39 is 15.9 Å². The summed E-state index contributed by atoms with van der Waals surface area (Å²) in [5.74, 6) is 1.11. The molecule has 0 unspecified atom stereocenters. The minimum atomic E-state index is -3.08. The molecule has 0 aliphatic carbocycles. The van der Waals surface area contributed by atoms with Gasteiger partial charge in [-0.1, -0.05) is 6.92 Å². The second-order valence-corrected chi connectivity index (χ2v) is 11.7. The first-order valence-corrected chi connectivity index (χ1v) is 13.2. The summed E-state index contributed by atoms with van der Waals surface area (Å²) in [6.45, 7) is 6.62. The third kappa shape index (κ3) is 3.80. The summed E-state index contributed by atoms with van der Waals surface area (Å²) < 4.78 is 28.6. The number of amides is 1. The quantitative estimate of drug-likeness (QED) is 0.623. The molecule has 1 fully saturated rings. The summed E-state index contributed by atoms with van der Waals surface area (Å²) in [4.78, 5) is 18.4. The summed E-state index contributed by atoms with van der Waals surface area (Å²) in [5.41, 5.74) is 4.35. The van der Waals surface area contributed by atoms with Crippen molar-refractivity contribution >= 4 is 32.7 Å². The average molecular weight is 472 g/mol. The molecule has 2 aliphatic heterocycles. The summed E-state index contributed by atoms with van der Waals surface area (Å²) in [6, 6.07) is 3.49. The molecule has 1 N–H and O–H groups in total. The van der Waals surface area contributed by atoms with Crippen LogP contribution in [-0.4, -0.2) is 56.5 Å². The summed E-state index contributed by atoms with van der Waals surface area (Å²) in [5, 5.41) is 14.2. The maximum atomic E-state index is 12.3. The molecule has 0 bridgehead atoms. The van der Waals surface area contributed by atoms with E-state index in [1.807, 2.05) is 43.1 Å². The van der Waals surface area contributed by atoms with Gasteiger partial charge in [-0.3, -0.25) is 9.58 Å². The zero-order valence-corrected chi connectivity index (χ0v) is 19.9. The number of nitrogens with zero attached hydrogens (tertiary/aromatic N) is 5. The van der Waals surface area contributed by atoms with Crippen molar-refractivity contribution in [3.05, 3.63) is 41.5 Å². The first-order chi connectivity index (χ1) is 15.6. The van der Waals surface area contributed by atoms with Gasteiger partial charge in [0.2, 0.25) is 0 Å². The van der Waals surface area contributed by atoms with Crippen LogP contribution in [0.2, 0.25) is 0 Å². The Bertz CT molecular complexity index is 1340. The number of aryl methyl sites for hydroxylation is 2. The fraction of sp³-hybridized carbons (Fsp3) is 0.522. The SMILES string of the molecule is Cc1cnn(C[C@H](C)c2nc3c4c(ccc3n2[C@@H]2CCS(=O)(=O)C2)N(C(=O)O)[C@@H](C)CC4)c1. The van der Waals surface area contributed by atoms with Gasteiger partial charge in [0.25, 0.3) is 0 Å². The lowest BCUT2D eigenvalue weighted by molar-refractivity contribution is 0.198. The van der Waals surface area contributed by atoms with Gasteiger partial charge >= 0.3 is 6.09 Å². The van der Waals surface area contributed by atoms with Crippen LogP contribution in [0.15, 0.2) is 24.5 Å². The van der Waals surface area contributed by atoms with Crippen LogP contribution >= 0.6 is 0 Å². The van der Waals surface area contributed by atoms with Crippen LogP contribution in [0.1, 0.15) is 55.6 Å². The van der Waals surface area contributed by atoms with E-state index in [2.05, 4.69) is 16.6 Å². The Morgan fingerprint density at radius 3 is 2.73 bits per heavy atom. The van der Waals surface area contributed by atoms with E-state index in [4.69, 9.17) is 4.98 Å². The number of benzene rings is 1. The van der Waals surface area contributed by atoms with Crippen molar-refractivity contribution in [1.29, 1.82) is 0 Å². The van der Waals surface area contributed by atoms with Crippen LogP contribution in [0.25, 0.3) is 11.0 Å². The van der Waals surface area contributed by atoms with Crippen molar-refractivity contribution < 1.29 is 18.3 Å². The molecule has 0 saturated carbocycles. The second kappa shape index (κ2) is 7.86. The van der Waals surface area contributed by atoms with Crippen LogP contribution in [-0.2, 0) is 22.8 Å². The number of aromatic nitrogens is 4. The third-order valence-corrected chi connectivity index (χ3v) is 8.68. The van der Waals surface area contributed by atoms with Crippen molar-refractivity contribution in [2.45, 2.75) is 64.6 Å². The van der Waals surface area contributed by atoms with Crippen LogP contribution in [0, 0.1) is 6.92 Å². The minimum Gasteiger partial charge on any atom is -0.465 e. The molecular formula is C23H29N5O4S. The third-order valence-electron chi connectivity index (χ3n) is 6.93. The summed E-state index contributed by atoms with van der Waals surface area (Å²) in [6.07, 6.45) is 4.86. The number of rotatable bonds is 4. The standard InChI is InChI=1S/C23H29N5O4S/c1-14-10-24-26(11-14)12-15(2)22-25-21-18-5-4-16(3)27(23(29)30)19(18)6-7-20(21)28(22)17-8-9-33(31,32)13-17/h6-7,10-11,15-17H,4-5,8-9,12-13H2,1-3H3,(H,29,30)/t15-,16-,17+/m0/s1. The Kier molecular flexibility index (Phi) is 5.23. The van der Waals surface area contributed by atoms with Gasteiger partial charge in [-0.2, -0.15) is 5.10 Å². The minimum absolute atomic E-state index is 0.00579. The topological polar surface area (TPSA) is 110 Å². The van der Waals surface area contributed by atoms with E-state index in [9.17, 15) is 18.3 Å². The molecule has 2 aliphatic rings. The molecular weight excluding hydrogens is 442 g/mol. The molecule has 1 aromatic carbocycles. The van der Waals surface area contributed by atoms with Crippen LogP contribution in [0.5, 0.6) is 0 Å². The van der Waals surface area contributed by atoms with E-state index in [0.29, 0.717) is 18.7 Å². The molecule has 3 aromatic rings. The fourth-order valence-corrected chi connectivity index (χ4v) is 7.05. The van der Waals surface area contributed by atoms with Crippen molar-refractivity contribution in [2.75, 3.05) is 16.4 Å². The van der Waals surface area contributed by atoms with Crippen LogP contribution in [0.4, 0.5) is 10.5 Å². The Hall–Kier alpha value is -2.88. The Labute approximate surface area is 192 Å². The molecule has 10 heteroatoms. The normalized spacial score (nSPS) is 23.1. The number of hydrogen-bond acceptors (Lipinski definition) is 5. The zero-order chi connectivity index (χ0) is 23.5. The van der Waals surface area contributed by atoms with Gasteiger partial charge < -0.3 is 9.67 Å². The number of imidazole rings is 1. The van der Waals surface area contributed by atoms with Gasteiger partial charge in [-0.05, 0) is 50.8 Å².